The molecule has 0 aliphatic heterocycles. The van der Waals surface area contributed by atoms with Gasteiger partial charge in [0.25, 0.3) is 0 Å². The highest BCUT2D eigenvalue weighted by Crippen LogP contribution is 2.33. The van der Waals surface area contributed by atoms with E-state index < -0.39 is 5.54 Å². The second-order valence-corrected chi connectivity index (χ2v) is 6.73. The zero-order valence-corrected chi connectivity index (χ0v) is 13.2. The molecule has 0 saturated heterocycles. The molecule has 19 heavy (non-hydrogen) atoms. The summed E-state index contributed by atoms with van der Waals surface area (Å²) in [6.07, 6.45) is 3.62. The van der Waals surface area contributed by atoms with Gasteiger partial charge in [0.05, 0.1) is 11.2 Å². The van der Waals surface area contributed by atoms with Crippen LogP contribution in [0.4, 0.5) is 5.69 Å². The SMILES string of the molecule is CC1CCCC(N)(C(=O)Nc2cc(Cl)ccc2Br)C1. The molecular formula is C14H18BrClN2O. The monoisotopic (exact) mass is 344 g/mol. The van der Waals surface area contributed by atoms with Crippen molar-refractivity contribution in [2.75, 3.05) is 5.32 Å². The minimum atomic E-state index is -0.764. The molecule has 0 radical (unpaired) electrons. The Balaban J connectivity index is 2.14. The second kappa shape index (κ2) is 5.81. The zero-order chi connectivity index (χ0) is 14.0. The molecule has 2 atom stereocenters. The Kier molecular flexibility index (Phi) is 4.54. The quantitative estimate of drug-likeness (QED) is 0.852. The van der Waals surface area contributed by atoms with Crippen molar-refractivity contribution in [3.8, 4) is 0 Å². The van der Waals surface area contributed by atoms with E-state index in [4.69, 9.17) is 17.3 Å². The van der Waals surface area contributed by atoms with E-state index in [2.05, 4.69) is 28.2 Å². The van der Waals surface area contributed by atoms with Crippen LogP contribution in [0.15, 0.2) is 22.7 Å². The molecule has 1 saturated carbocycles. The molecular weight excluding hydrogens is 328 g/mol. The summed E-state index contributed by atoms with van der Waals surface area (Å²) in [5.41, 5.74) is 6.17. The lowest BCUT2D eigenvalue weighted by Gasteiger charge is -2.35. The number of anilines is 1. The van der Waals surface area contributed by atoms with E-state index in [-0.39, 0.29) is 5.91 Å². The molecule has 0 bridgehead atoms. The van der Waals surface area contributed by atoms with Crippen LogP contribution in [0.1, 0.15) is 32.6 Å². The van der Waals surface area contributed by atoms with E-state index in [0.717, 1.165) is 30.2 Å². The fraction of sp³-hybridized carbons (Fsp3) is 0.500. The van der Waals surface area contributed by atoms with E-state index in [0.29, 0.717) is 16.6 Å². The number of hydrogen-bond donors (Lipinski definition) is 2. The van der Waals surface area contributed by atoms with Crippen LogP contribution < -0.4 is 11.1 Å². The van der Waals surface area contributed by atoms with Gasteiger partial charge in [-0.05, 0) is 52.9 Å². The van der Waals surface area contributed by atoms with Gasteiger partial charge in [-0.25, -0.2) is 0 Å². The Morgan fingerprint density at radius 3 is 3.00 bits per heavy atom. The van der Waals surface area contributed by atoms with Crippen molar-refractivity contribution >= 4 is 39.1 Å². The number of benzene rings is 1. The number of rotatable bonds is 2. The maximum atomic E-state index is 12.4. The Morgan fingerprint density at radius 2 is 2.32 bits per heavy atom. The van der Waals surface area contributed by atoms with Crippen LogP contribution in [-0.4, -0.2) is 11.4 Å². The van der Waals surface area contributed by atoms with Gasteiger partial charge in [0.15, 0.2) is 0 Å². The van der Waals surface area contributed by atoms with Gasteiger partial charge in [0.2, 0.25) is 5.91 Å². The molecule has 0 spiro atoms. The lowest BCUT2D eigenvalue weighted by Crippen LogP contribution is -2.53. The smallest absolute Gasteiger partial charge is 0.244 e. The summed E-state index contributed by atoms with van der Waals surface area (Å²) in [7, 11) is 0. The summed E-state index contributed by atoms with van der Waals surface area (Å²) < 4.78 is 0.803. The van der Waals surface area contributed by atoms with Crippen LogP contribution >= 0.6 is 27.5 Å². The molecule has 1 aromatic rings. The van der Waals surface area contributed by atoms with Crippen molar-refractivity contribution in [1.29, 1.82) is 0 Å². The normalized spacial score (nSPS) is 27.1. The van der Waals surface area contributed by atoms with Crippen LogP contribution in [0.25, 0.3) is 0 Å². The third kappa shape index (κ3) is 3.50. The third-order valence-corrected chi connectivity index (χ3v) is 4.59. The zero-order valence-electron chi connectivity index (χ0n) is 10.9. The van der Waals surface area contributed by atoms with Gasteiger partial charge in [-0.1, -0.05) is 31.4 Å². The van der Waals surface area contributed by atoms with E-state index >= 15 is 0 Å². The number of nitrogens with one attached hydrogen (secondary N) is 1. The number of carbonyl (C=O) groups excluding carboxylic acids is 1. The van der Waals surface area contributed by atoms with Crippen molar-refractivity contribution < 1.29 is 4.79 Å². The molecule has 1 aliphatic carbocycles. The highest BCUT2D eigenvalue weighted by molar-refractivity contribution is 9.10. The maximum Gasteiger partial charge on any atom is 0.244 e. The second-order valence-electron chi connectivity index (χ2n) is 5.44. The van der Waals surface area contributed by atoms with E-state index in [9.17, 15) is 4.79 Å². The van der Waals surface area contributed by atoms with Gasteiger partial charge >= 0.3 is 0 Å². The van der Waals surface area contributed by atoms with Gasteiger partial charge < -0.3 is 11.1 Å². The first-order valence-electron chi connectivity index (χ1n) is 6.46. The molecule has 1 aromatic carbocycles. The summed E-state index contributed by atoms with van der Waals surface area (Å²) in [5, 5.41) is 3.47. The Labute approximate surface area is 127 Å². The fourth-order valence-corrected chi connectivity index (χ4v) is 3.16. The van der Waals surface area contributed by atoms with Crippen LogP contribution in [0.2, 0.25) is 5.02 Å². The molecule has 104 valence electrons. The van der Waals surface area contributed by atoms with Crippen molar-refractivity contribution in [1.82, 2.24) is 0 Å². The number of hydrogen-bond acceptors (Lipinski definition) is 2. The van der Waals surface area contributed by atoms with Crippen molar-refractivity contribution in [2.24, 2.45) is 11.7 Å². The van der Waals surface area contributed by atoms with Gasteiger partial charge in [-0.2, -0.15) is 0 Å². The summed E-state index contributed by atoms with van der Waals surface area (Å²) in [4.78, 5) is 12.4. The lowest BCUT2D eigenvalue weighted by atomic mass is 9.76. The predicted molar refractivity (Wildman–Crippen MR) is 82.3 cm³/mol. The molecule has 0 heterocycles. The van der Waals surface area contributed by atoms with E-state index in [1.165, 1.54) is 0 Å². The molecule has 1 fully saturated rings. The van der Waals surface area contributed by atoms with Crippen molar-refractivity contribution in [2.45, 2.75) is 38.1 Å². The first-order valence-corrected chi connectivity index (χ1v) is 7.63. The molecule has 2 unspecified atom stereocenters. The molecule has 1 aliphatic rings. The lowest BCUT2D eigenvalue weighted by molar-refractivity contribution is -0.122. The number of carbonyl (C=O) groups is 1. The van der Waals surface area contributed by atoms with E-state index in [1.54, 1.807) is 12.1 Å². The highest BCUT2D eigenvalue weighted by atomic mass is 79.9. The third-order valence-electron chi connectivity index (χ3n) is 3.66. The van der Waals surface area contributed by atoms with E-state index in [1.807, 2.05) is 6.07 Å². The largest absolute Gasteiger partial charge is 0.323 e. The molecule has 2 rings (SSSR count). The minimum Gasteiger partial charge on any atom is -0.323 e. The molecule has 3 nitrogen and oxygen atoms in total. The summed E-state index contributed by atoms with van der Waals surface area (Å²) in [5.74, 6) is 0.370. The van der Waals surface area contributed by atoms with Gasteiger partial charge in [0, 0.05) is 9.50 Å². The van der Waals surface area contributed by atoms with Crippen molar-refractivity contribution in [3.63, 3.8) is 0 Å². The Hall–Kier alpha value is -0.580. The average Bonchev–Trinajstić information content (AvgIpc) is 2.33. The number of nitrogens with two attached hydrogens (primary N) is 1. The number of amides is 1. The van der Waals surface area contributed by atoms with Gasteiger partial charge in [0.1, 0.15) is 0 Å². The first kappa shape index (κ1) is 14.8. The summed E-state index contributed by atoms with van der Waals surface area (Å²) in [6, 6.07) is 5.30. The van der Waals surface area contributed by atoms with Crippen LogP contribution in [0.5, 0.6) is 0 Å². The molecule has 3 N–H and O–H groups in total. The minimum absolute atomic E-state index is 0.123. The predicted octanol–water partition coefficient (Wildman–Crippen LogP) is 3.95. The Morgan fingerprint density at radius 1 is 1.58 bits per heavy atom. The van der Waals surface area contributed by atoms with Crippen molar-refractivity contribution in [3.05, 3.63) is 27.7 Å². The maximum absolute atomic E-state index is 12.4. The molecule has 0 aromatic heterocycles. The average molecular weight is 346 g/mol. The highest BCUT2D eigenvalue weighted by Gasteiger charge is 2.38. The fourth-order valence-electron chi connectivity index (χ4n) is 2.64. The summed E-state index contributed by atoms with van der Waals surface area (Å²) in [6.45, 7) is 2.14. The summed E-state index contributed by atoms with van der Waals surface area (Å²) >= 11 is 9.34. The molecule has 1 amide bonds. The molecule has 5 heteroatoms. The van der Waals surface area contributed by atoms with Crippen LogP contribution in [0.3, 0.4) is 0 Å². The standard InChI is InChI=1S/C14H18BrClN2O/c1-9-3-2-6-14(17,8-9)13(19)18-12-7-10(16)4-5-11(12)15/h4-5,7,9H,2-3,6,8,17H2,1H3,(H,18,19). The Bertz CT molecular complexity index is 494. The topological polar surface area (TPSA) is 55.1 Å². The number of halogens is 2. The first-order chi connectivity index (χ1) is 8.90. The van der Waals surface area contributed by atoms with Crippen LogP contribution in [-0.2, 0) is 4.79 Å². The van der Waals surface area contributed by atoms with Crippen LogP contribution in [0, 0.1) is 5.92 Å². The van der Waals surface area contributed by atoms with Gasteiger partial charge in [-0.3, -0.25) is 4.79 Å². The van der Waals surface area contributed by atoms with Gasteiger partial charge in [-0.15, -0.1) is 0 Å².